The molecule has 0 bridgehead atoms. The molecule has 4 nitrogen and oxygen atoms in total. The fraction of sp³-hybridized carbons (Fsp3) is 0.923. The number of amides is 1. The van der Waals surface area contributed by atoms with Gasteiger partial charge in [-0.1, -0.05) is 0 Å². The molecule has 0 aromatic carbocycles. The van der Waals surface area contributed by atoms with Gasteiger partial charge in [-0.25, -0.2) is 9.18 Å². The van der Waals surface area contributed by atoms with Crippen LogP contribution in [0.3, 0.4) is 0 Å². The molecular weight excluding hydrogens is 237 g/mol. The van der Waals surface area contributed by atoms with E-state index in [1.165, 1.54) is 0 Å². The quantitative estimate of drug-likeness (QED) is 0.725. The SMILES string of the molecule is CC(C)(C)OC(=O)N1CCC2(C[C@@H](O)[C@H](F)C2)C1. The summed E-state index contributed by atoms with van der Waals surface area (Å²) in [6.07, 6.45) is -0.798. The minimum atomic E-state index is -1.15. The molecule has 0 radical (unpaired) electrons. The van der Waals surface area contributed by atoms with Crippen LogP contribution in [-0.2, 0) is 4.74 Å². The van der Waals surface area contributed by atoms with Gasteiger partial charge in [0.1, 0.15) is 11.8 Å². The first-order chi connectivity index (χ1) is 8.21. The van der Waals surface area contributed by atoms with Gasteiger partial charge >= 0.3 is 6.09 Å². The molecule has 3 atom stereocenters. The predicted octanol–water partition coefficient (Wildman–Crippen LogP) is 2.11. The van der Waals surface area contributed by atoms with Crippen molar-refractivity contribution >= 4 is 6.09 Å². The Morgan fingerprint density at radius 3 is 2.61 bits per heavy atom. The molecule has 1 saturated carbocycles. The number of carbonyl (C=O) groups is 1. The number of aliphatic hydroxyl groups is 1. The molecule has 0 aromatic heterocycles. The second-order valence-electron chi connectivity index (χ2n) is 6.64. The number of rotatable bonds is 0. The highest BCUT2D eigenvalue weighted by Gasteiger charge is 2.50. The highest BCUT2D eigenvalue weighted by Crippen LogP contribution is 2.46. The van der Waals surface area contributed by atoms with Crippen molar-refractivity contribution in [1.29, 1.82) is 0 Å². The number of carbonyl (C=O) groups excluding carboxylic acids is 1. The predicted molar refractivity (Wildman–Crippen MR) is 65.0 cm³/mol. The maximum atomic E-state index is 13.4. The number of hydrogen-bond donors (Lipinski definition) is 1. The minimum Gasteiger partial charge on any atom is -0.444 e. The third-order valence-electron chi connectivity index (χ3n) is 3.78. The molecule has 1 saturated heterocycles. The Balaban J connectivity index is 1.95. The number of nitrogens with zero attached hydrogens (tertiary/aromatic N) is 1. The normalized spacial score (nSPS) is 36.4. The summed E-state index contributed by atoms with van der Waals surface area (Å²) < 4.78 is 18.7. The maximum Gasteiger partial charge on any atom is 0.410 e. The Hall–Kier alpha value is -0.840. The number of hydrogen-bond acceptors (Lipinski definition) is 3. The van der Waals surface area contributed by atoms with Crippen LogP contribution in [0, 0.1) is 5.41 Å². The van der Waals surface area contributed by atoms with Gasteiger partial charge in [0.05, 0.1) is 6.10 Å². The highest BCUT2D eigenvalue weighted by molar-refractivity contribution is 5.68. The first kappa shape index (κ1) is 13.6. The average Bonchev–Trinajstić information content (AvgIpc) is 2.70. The zero-order chi connectivity index (χ0) is 13.6. The summed E-state index contributed by atoms with van der Waals surface area (Å²) in [5.41, 5.74) is -0.750. The third-order valence-corrected chi connectivity index (χ3v) is 3.78. The largest absolute Gasteiger partial charge is 0.444 e. The van der Waals surface area contributed by atoms with Crippen LogP contribution >= 0.6 is 0 Å². The molecule has 1 N–H and O–H groups in total. The van der Waals surface area contributed by atoms with Gasteiger partial charge in [0.15, 0.2) is 0 Å². The van der Waals surface area contributed by atoms with Gasteiger partial charge in [-0.3, -0.25) is 0 Å². The smallest absolute Gasteiger partial charge is 0.410 e. The van der Waals surface area contributed by atoms with E-state index in [9.17, 15) is 14.3 Å². The van der Waals surface area contributed by atoms with Crippen LogP contribution in [0.2, 0.25) is 0 Å². The molecule has 1 amide bonds. The monoisotopic (exact) mass is 259 g/mol. The van der Waals surface area contributed by atoms with Crippen LogP contribution < -0.4 is 0 Å². The highest BCUT2D eigenvalue weighted by atomic mass is 19.1. The summed E-state index contributed by atoms with van der Waals surface area (Å²) in [7, 11) is 0. The van der Waals surface area contributed by atoms with Crippen molar-refractivity contribution in [2.45, 2.75) is 57.9 Å². The molecule has 1 aliphatic carbocycles. The summed E-state index contributed by atoms with van der Waals surface area (Å²) in [4.78, 5) is 13.5. The van der Waals surface area contributed by atoms with Gasteiger partial charge in [0.2, 0.25) is 0 Å². The van der Waals surface area contributed by atoms with Crippen LogP contribution in [0.4, 0.5) is 9.18 Å². The van der Waals surface area contributed by atoms with Crippen molar-refractivity contribution < 1.29 is 19.0 Å². The number of halogens is 1. The van der Waals surface area contributed by atoms with Crippen LogP contribution in [0.25, 0.3) is 0 Å². The minimum absolute atomic E-state index is 0.240. The number of likely N-dealkylation sites (tertiary alicyclic amines) is 1. The fourth-order valence-corrected chi connectivity index (χ4v) is 2.96. The molecule has 104 valence electrons. The summed E-state index contributed by atoms with van der Waals surface area (Å²) in [5.74, 6) is 0. The standard InChI is InChI=1S/C13H22FNO3/c1-12(2,3)18-11(17)15-5-4-13(8-15)6-9(14)10(16)7-13/h9-10,16H,4-8H2,1-3H3/t9-,10-,13?/m1/s1. The van der Waals surface area contributed by atoms with E-state index in [0.717, 1.165) is 6.42 Å². The van der Waals surface area contributed by atoms with E-state index < -0.39 is 17.9 Å². The van der Waals surface area contributed by atoms with E-state index in [2.05, 4.69) is 0 Å². The molecule has 5 heteroatoms. The van der Waals surface area contributed by atoms with E-state index in [1.807, 2.05) is 20.8 Å². The van der Waals surface area contributed by atoms with Gasteiger partial charge in [0, 0.05) is 13.1 Å². The summed E-state index contributed by atoms with van der Waals surface area (Å²) in [5, 5.41) is 9.52. The lowest BCUT2D eigenvalue weighted by Crippen LogP contribution is -2.36. The van der Waals surface area contributed by atoms with Crippen LogP contribution in [0.5, 0.6) is 0 Å². The molecule has 18 heavy (non-hydrogen) atoms. The van der Waals surface area contributed by atoms with E-state index in [-0.39, 0.29) is 11.5 Å². The molecule has 1 heterocycles. The van der Waals surface area contributed by atoms with Gasteiger partial charge in [-0.15, -0.1) is 0 Å². The summed E-state index contributed by atoms with van der Waals surface area (Å²) in [6.45, 7) is 6.57. The van der Waals surface area contributed by atoms with E-state index >= 15 is 0 Å². The van der Waals surface area contributed by atoms with Crippen LogP contribution in [-0.4, -0.2) is 47.1 Å². The van der Waals surface area contributed by atoms with Crippen molar-refractivity contribution in [1.82, 2.24) is 4.90 Å². The Bertz CT molecular complexity index is 330. The van der Waals surface area contributed by atoms with Gasteiger partial charge in [-0.2, -0.15) is 0 Å². The van der Waals surface area contributed by atoms with Crippen molar-refractivity contribution in [3.8, 4) is 0 Å². The van der Waals surface area contributed by atoms with Crippen molar-refractivity contribution in [2.75, 3.05) is 13.1 Å². The lowest BCUT2D eigenvalue weighted by molar-refractivity contribution is 0.0270. The lowest BCUT2D eigenvalue weighted by Gasteiger charge is -2.26. The van der Waals surface area contributed by atoms with Crippen molar-refractivity contribution in [3.63, 3.8) is 0 Å². The lowest BCUT2D eigenvalue weighted by atomic mass is 9.85. The Kier molecular flexibility index (Phi) is 3.30. The second kappa shape index (κ2) is 4.37. The Morgan fingerprint density at radius 1 is 1.44 bits per heavy atom. The molecular formula is C13H22FNO3. The molecule has 2 fully saturated rings. The third kappa shape index (κ3) is 2.76. The molecule has 1 spiro atoms. The van der Waals surface area contributed by atoms with E-state index in [0.29, 0.717) is 25.9 Å². The van der Waals surface area contributed by atoms with Gasteiger partial charge in [0.25, 0.3) is 0 Å². The number of aliphatic hydroxyl groups excluding tert-OH is 1. The summed E-state index contributed by atoms with van der Waals surface area (Å²) >= 11 is 0. The Morgan fingerprint density at radius 2 is 2.11 bits per heavy atom. The van der Waals surface area contributed by atoms with Gasteiger partial charge in [-0.05, 0) is 45.4 Å². The maximum absolute atomic E-state index is 13.4. The Labute approximate surface area is 107 Å². The second-order valence-corrected chi connectivity index (χ2v) is 6.64. The van der Waals surface area contributed by atoms with Crippen LogP contribution in [0.15, 0.2) is 0 Å². The van der Waals surface area contributed by atoms with Crippen molar-refractivity contribution in [2.24, 2.45) is 5.41 Å². The number of alkyl halides is 1. The zero-order valence-electron chi connectivity index (χ0n) is 11.3. The molecule has 1 aliphatic heterocycles. The van der Waals surface area contributed by atoms with Gasteiger partial charge < -0.3 is 14.7 Å². The first-order valence-corrected chi connectivity index (χ1v) is 6.51. The van der Waals surface area contributed by atoms with Crippen molar-refractivity contribution in [3.05, 3.63) is 0 Å². The topological polar surface area (TPSA) is 49.8 Å². The average molecular weight is 259 g/mol. The first-order valence-electron chi connectivity index (χ1n) is 6.51. The fourth-order valence-electron chi connectivity index (χ4n) is 2.96. The zero-order valence-corrected chi connectivity index (χ0v) is 11.3. The number of ether oxygens (including phenoxy) is 1. The summed E-state index contributed by atoms with van der Waals surface area (Å²) in [6, 6.07) is 0. The molecule has 2 aliphatic rings. The molecule has 1 unspecified atom stereocenters. The van der Waals surface area contributed by atoms with E-state index in [1.54, 1.807) is 4.90 Å². The molecule has 2 rings (SSSR count). The van der Waals surface area contributed by atoms with E-state index in [4.69, 9.17) is 4.74 Å². The van der Waals surface area contributed by atoms with Crippen LogP contribution in [0.1, 0.15) is 40.0 Å². The molecule has 0 aromatic rings.